The smallest absolute Gasteiger partial charge is 0.250 e. The minimum Gasteiger partial charge on any atom is -0.353 e. The second kappa shape index (κ2) is 6.09. The average Bonchev–Trinajstić information content (AvgIpc) is 3.01. The van der Waals surface area contributed by atoms with E-state index in [4.69, 9.17) is 0 Å². The van der Waals surface area contributed by atoms with Gasteiger partial charge < -0.3 is 4.57 Å². The Bertz CT molecular complexity index is 645. The summed E-state index contributed by atoms with van der Waals surface area (Å²) in [6.45, 7) is 0.338. The maximum atomic E-state index is 12.1. The van der Waals surface area contributed by atoms with Crippen LogP contribution in [0.4, 0.5) is 0 Å². The number of aryl methyl sites for hydroxylation is 1. The molecule has 0 spiro atoms. The highest BCUT2D eigenvalue weighted by atomic mass is 32.2. The molecule has 0 amide bonds. The van der Waals surface area contributed by atoms with Crippen molar-refractivity contribution in [3.63, 3.8) is 0 Å². The molecule has 0 radical (unpaired) electrons. The Balaban J connectivity index is 2.13. The lowest BCUT2D eigenvalue weighted by molar-refractivity contribution is 0.289. The fourth-order valence-corrected chi connectivity index (χ4v) is 4.12. The Kier molecular flexibility index (Phi) is 4.64. The Morgan fingerprint density at radius 1 is 1.35 bits per heavy atom. The molecular formula is C13H19N3O2S2. The van der Waals surface area contributed by atoms with E-state index in [9.17, 15) is 8.42 Å². The maximum absolute atomic E-state index is 12.1. The predicted octanol–water partition coefficient (Wildman–Crippen LogP) is 1.67. The largest absolute Gasteiger partial charge is 0.353 e. The van der Waals surface area contributed by atoms with Gasteiger partial charge in [-0.15, -0.1) is 11.3 Å². The number of nitrogens with one attached hydrogen (secondary N) is 1. The van der Waals surface area contributed by atoms with Crippen molar-refractivity contribution >= 4 is 21.4 Å². The molecule has 1 atom stereocenters. The van der Waals surface area contributed by atoms with E-state index >= 15 is 0 Å². The summed E-state index contributed by atoms with van der Waals surface area (Å²) in [6, 6.07) is 7.30. The molecule has 0 saturated carbocycles. The molecule has 2 aromatic heterocycles. The van der Waals surface area contributed by atoms with Gasteiger partial charge in [-0.2, -0.15) is 0 Å². The summed E-state index contributed by atoms with van der Waals surface area (Å²) in [4.78, 5) is 2.01. The second-order valence-electron chi connectivity index (χ2n) is 4.81. The molecule has 0 aromatic carbocycles. The van der Waals surface area contributed by atoms with Gasteiger partial charge in [-0.3, -0.25) is 4.90 Å². The van der Waals surface area contributed by atoms with Gasteiger partial charge in [-0.05, 0) is 37.7 Å². The van der Waals surface area contributed by atoms with Crippen LogP contribution < -0.4 is 4.72 Å². The van der Waals surface area contributed by atoms with Crippen molar-refractivity contribution in [3.05, 3.63) is 41.5 Å². The van der Waals surface area contributed by atoms with Crippen LogP contribution in [0.5, 0.6) is 0 Å². The number of nitrogens with zero attached hydrogens (tertiary/aromatic N) is 2. The van der Waals surface area contributed by atoms with Crippen molar-refractivity contribution in [1.29, 1.82) is 0 Å². The second-order valence-corrected chi connectivity index (χ2v) is 7.75. The maximum Gasteiger partial charge on any atom is 0.250 e. The molecule has 0 aliphatic rings. The Labute approximate surface area is 123 Å². The zero-order chi connectivity index (χ0) is 14.8. The van der Waals surface area contributed by atoms with Gasteiger partial charge in [0.2, 0.25) is 10.0 Å². The van der Waals surface area contributed by atoms with Crippen LogP contribution in [0.25, 0.3) is 0 Å². The van der Waals surface area contributed by atoms with Crippen molar-refractivity contribution in [2.24, 2.45) is 7.05 Å². The van der Waals surface area contributed by atoms with Gasteiger partial charge in [0.25, 0.3) is 0 Å². The highest BCUT2D eigenvalue weighted by molar-refractivity contribution is 7.91. The first-order valence-electron chi connectivity index (χ1n) is 6.22. The number of rotatable bonds is 6. The first kappa shape index (κ1) is 15.2. The van der Waals surface area contributed by atoms with E-state index in [0.717, 1.165) is 5.69 Å². The number of aromatic nitrogens is 1. The highest BCUT2D eigenvalue weighted by Crippen LogP contribution is 2.20. The summed E-state index contributed by atoms with van der Waals surface area (Å²) in [5, 5.41) is 1.76. The quantitative estimate of drug-likeness (QED) is 0.882. The normalized spacial score (nSPS) is 13.8. The third-order valence-electron chi connectivity index (χ3n) is 3.18. The summed E-state index contributed by atoms with van der Waals surface area (Å²) in [5.74, 6) is 0. The Hall–Kier alpha value is -1.15. The SMILES string of the molecule is CN(C)[C@H](CNS(=O)(=O)c1cccs1)c1cccn1C. The molecule has 20 heavy (non-hydrogen) atoms. The molecule has 1 N–H and O–H groups in total. The van der Waals surface area contributed by atoms with Crippen LogP contribution in [0, 0.1) is 0 Å². The molecule has 2 rings (SSSR count). The summed E-state index contributed by atoms with van der Waals surface area (Å²) in [6.07, 6.45) is 1.96. The van der Waals surface area contributed by atoms with Gasteiger partial charge in [-0.1, -0.05) is 6.07 Å². The summed E-state index contributed by atoms with van der Waals surface area (Å²) >= 11 is 1.22. The number of thiophene rings is 1. The molecule has 7 heteroatoms. The molecule has 2 heterocycles. The Morgan fingerprint density at radius 3 is 2.60 bits per heavy atom. The molecule has 0 unspecified atom stereocenters. The van der Waals surface area contributed by atoms with E-state index in [1.54, 1.807) is 17.5 Å². The van der Waals surface area contributed by atoms with E-state index < -0.39 is 10.0 Å². The molecule has 0 aliphatic carbocycles. The molecule has 5 nitrogen and oxygen atoms in total. The third-order valence-corrected chi connectivity index (χ3v) is 6.00. The summed E-state index contributed by atoms with van der Waals surface area (Å²) < 4.78 is 29.3. The summed E-state index contributed by atoms with van der Waals surface area (Å²) in [5.41, 5.74) is 1.07. The van der Waals surface area contributed by atoms with Gasteiger partial charge in [0.05, 0.1) is 6.04 Å². The topological polar surface area (TPSA) is 54.3 Å². The number of sulfonamides is 1. The van der Waals surface area contributed by atoms with E-state index in [0.29, 0.717) is 10.8 Å². The van der Waals surface area contributed by atoms with Crippen molar-refractivity contribution in [2.75, 3.05) is 20.6 Å². The predicted molar refractivity (Wildman–Crippen MR) is 81.3 cm³/mol. The lowest BCUT2D eigenvalue weighted by atomic mass is 10.2. The molecule has 0 aliphatic heterocycles. The van der Waals surface area contributed by atoms with Crippen molar-refractivity contribution in [2.45, 2.75) is 10.3 Å². The molecule has 0 fully saturated rings. The first-order valence-corrected chi connectivity index (χ1v) is 8.59. The summed E-state index contributed by atoms with van der Waals surface area (Å²) in [7, 11) is 2.42. The van der Waals surface area contributed by atoms with Crippen LogP contribution in [-0.4, -0.2) is 38.5 Å². The fourth-order valence-electron chi connectivity index (χ4n) is 2.05. The zero-order valence-electron chi connectivity index (χ0n) is 11.8. The van der Waals surface area contributed by atoms with Gasteiger partial charge >= 0.3 is 0 Å². The van der Waals surface area contributed by atoms with Crippen LogP contribution in [0.2, 0.25) is 0 Å². The van der Waals surface area contributed by atoms with Gasteiger partial charge in [0.15, 0.2) is 0 Å². The van der Waals surface area contributed by atoms with Crippen molar-refractivity contribution < 1.29 is 8.42 Å². The number of hydrogen-bond acceptors (Lipinski definition) is 4. The minimum atomic E-state index is -3.42. The standard InChI is InChI=1S/C13H19N3O2S2/c1-15(2)12(11-6-4-8-16(11)3)10-14-20(17,18)13-7-5-9-19-13/h4-9,12,14H,10H2,1-3H3/t12-/m1/s1. The minimum absolute atomic E-state index is 0.00950. The number of likely N-dealkylation sites (N-methyl/N-ethyl adjacent to an activating group) is 1. The number of hydrogen-bond donors (Lipinski definition) is 1. The average molecular weight is 313 g/mol. The molecule has 0 bridgehead atoms. The van der Waals surface area contributed by atoms with Crippen molar-refractivity contribution in [1.82, 2.24) is 14.2 Å². The lowest BCUT2D eigenvalue weighted by Gasteiger charge is -2.25. The van der Waals surface area contributed by atoms with Gasteiger partial charge in [0, 0.05) is 25.5 Å². The first-order chi connectivity index (χ1) is 9.42. The fraction of sp³-hybridized carbons (Fsp3) is 0.385. The molecule has 0 saturated heterocycles. The van der Waals surface area contributed by atoms with Crippen molar-refractivity contribution in [3.8, 4) is 0 Å². The zero-order valence-corrected chi connectivity index (χ0v) is 13.4. The van der Waals surface area contributed by atoms with Gasteiger partial charge in [0.1, 0.15) is 4.21 Å². The third kappa shape index (κ3) is 3.29. The molecule has 2 aromatic rings. The van der Waals surface area contributed by atoms with Crippen LogP contribution in [0.3, 0.4) is 0 Å². The highest BCUT2D eigenvalue weighted by Gasteiger charge is 2.21. The van der Waals surface area contributed by atoms with Crippen LogP contribution in [-0.2, 0) is 17.1 Å². The van der Waals surface area contributed by atoms with E-state index in [-0.39, 0.29) is 6.04 Å². The van der Waals surface area contributed by atoms with Crippen LogP contribution >= 0.6 is 11.3 Å². The van der Waals surface area contributed by atoms with E-state index in [1.807, 2.05) is 48.9 Å². The molecular weight excluding hydrogens is 294 g/mol. The monoisotopic (exact) mass is 313 g/mol. The van der Waals surface area contributed by atoms with E-state index in [2.05, 4.69) is 4.72 Å². The Morgan fingerprint density at radius 2 is 2.10 bits per heavy atom. The van der Waals surface area contributed by atoms with Crippen LogP contribution in [0.15, 0.2) is 40.1 Å². The molecule has 110 valence electrons. The van der Waals surface area contributed by atoms with Crippen LogP contribution in [0.1, 0.15) is 11.7 Å². The lowest BCUT2D eigenvalue weighted by Crippen LogP contribution is -2.35. The van der Waals surface area contributed by atoms with Gasteiger partial charge in [-0.25, -0.2) is 13.1 Å². The van der Waals surface area contributed by atoms with E-state index in [1.165, 1.54) is 11.3 Å².